The van der Waals surface area contributed by atoms with Gasteiger partial charge in [0.05, 0.1) is 5.57 Å². The Kier molecular flexibility index (Phi) is 3.97. The van der Waals surface area contributed by atoms with Crippen LogP contribution in [0.2, 0.25) is 0 Å². The van der Waals surface area contributed by atoms with Gasteiger partial charge in [0.15, 0.2) is 0 Å². The van der Waals surface area contributed by atoms with Crippen LogP contribution in [0.3, 0.4) is 0 Å². The molecule has 0 bridgehead atoms. The lowest BCUT2D eigenvalue weighted by molar-refractivity contribution is -0.130. The molecule has 0 amide bonds. The van der Waals surface area contributed by atoms with Crippen LogP contribution in [-0.4, -0.2) is 11.1 Å². The molecule has 0 radical (unpaired) electrons. The lowest BCUT2D eigenvalue weighted by Gasteiger charge is -2.19. The lowest BCUT2D eigenvalue weighted by Crippen LogP contribution is -2.07. The van der Waals surface area contributed by atoms with E-state index < -0.39 is 5.97 Å². The van der Waals surface area contributed by atoms with E-state index in [2.05, 4.69) is 0 Å². The summed E-state index contributed by atoms with van der Waals surface area (Å²) in [6, 6.07) is 9.40. The fourth-order valence-corrected chi connectivity index (χ4v) is 2.45. The molecule has 1 aromatic carbocycles. The molecule has 1 saturated carbocycles. The second kappa shape index (κ2) is 5.67. The Morgan fingerprint density at radius 3 is 2.35 bits per heavy atom. The average Bonchev–Trinajstić information content (AvgIpc) is 2.38. The molecule has 1 N–H and O–H groups in total. The first-order valence-corrected chi connectivity index (χ1v) is 6.28. The number of carbonyl (C=O) groups is 1. The highest BCUT2D eigenvalue weighted by Gasteiger charge is 2.16. The van der Waals surface area contributed by atoms with E-state index in [1.54, 1.807) is 0 Å². The van der Waals surface area contributed by atoms with E-state index in [1.807, 2.05) is 36.4 Å². The molecular formula is C15H18O2. The van der Waals surface area contributed by atoms with Crippen molar-refractivity contribution in [3.63, 3.8) is 0 Å². The van der Waals surface area contributed by atoms with Crippen LogP contribution in [-0.2, 0) is 4.79 Å². The van der Waals surface area contributed by atoms with Crippen molar-refractivity contribution < 1.29 is 9.90 Å². The fourth-order valence-electron chi connectivity index (χ4n) is 2.45. The minimum absolute atomic E-state index is 0.440. The van der Waals surface area contributed by atoms with Gasteiger partial charge in [0.25, 0.3) is 0 Å². The highest BCUT2D eigenvalue weighted by Crippen LogP contribution is 2.28. The molecule has 0 atom stereocenters. The van der Waals surface area contributed by atoms with E-state index in [-0.39, 0.29) is 0 Å². The molecule has 0 saturated heterocycles. The smallest absolute Gasteiger partial charge is 0.335 e. The van der Waals surface area contributed by atoms with Crippen LogP contribution in [0, 0.1) is 5.92 Å². The molecule has 0 heterocycles. The summed E-state index contributed by atoms with van der Waals surface area (Å²) >= 11 is 0. The van der Waals surface area contributed by atoms with Crippen molar-refractivity contribution in [2.24, 2.45) is 5.92 Å². The van der Waals surface area contributed by atoms with Crippen molar-refractivity contribution >= 4 is 11.5 Å². The molecule has 1 fully saturated rings. The van der Waals surface area contributed by atoms with E-state index in [0.29, 0.717) is 11.5 Å². The van der Waals surface area contributed by atoms with Gasteiger partial charge in [-0.05, 0) is 24.3 Å². The number of carboxylic acids is 1. The Labute approximate surface area is 102 Å². The maximum absolute atomic E-state index is 11.3. The first kappa shape index (κ1) is 11.9. The number of rotatable bonds is 3. The summed E-state index contributed by atoms with van der Waals surface area (Å²) in [4.78, 5) is 11.3. The predicted molar refractivity (Wildman–Crippen MR) is 68.6 cm³/mol. The van der Waals surface area contributed by atoms with Gasteiger partial charge in [0.1, 0.15) is 0 Å². The van der Waals surface area contributed by atoms with Gasteiger partial charge in [0, 0.05) is 0 Å². The molecule has 0 unspecified atom stereocenters. The summed E-state index contributed by atoms with van der Waals surface area (Å²) in [5.41, 5.74) is 1.27. The Morgan fingerprint density at radius 2 is 1.76 bits per heavy atom. The van der Waals surface area contributed by atoms with Crippen LogP contribution >= 0.6 is 0 Å². The van der Waals surface area contributed by atoms with Crippen LogP contribution in [0.4, 0.5) is 0 Å². The number of allylic oxidation sites excluding steroid dienone is 1. The summed E-state index contributed by atoms with van der Waals surface area (Å²) in [5, 5.41) is 9.29. The summed E-state index contributed by atoms with van der Waals surface area (Å²) in [5.74, 6) is -0.378. The zero-order chi connectivity index (χ0) is 12.1. The van der Waals surface area contributed by atoms with Crippen molar-refractivity contribution in [2.75, 3.05) is 0 Å². The van der Waals surface area contributed by atoms with E-state index in [0.717, 1.165) is 18.4 Å². The zero-order valence-corrected chi connectivity index (χ0v) is 9.93. The van der Waals surface area contributed by atoms with E-state index in [9.17, 15) is 9.90 Å². The van der Waals surface area contributed by atoms with Gasteiger partial charge in [-0.25, -0.2) is 4.79 Å². The van der Waals surface area contributed by atoms with Gasteiger partial charge < -0.3 is 5.11 Å². The first-order chi connectivity index (χ1) is 8.27. The molecule has 90 valence electrons. The molecular weight excluding hydrogens is 212 g/mol. The fraction of sp³-hybridized carbons (Fsp3) is 0.400. The minimum atomic E-state index is -0.818. The van der Waals surface area contributed by atoms with Crippen molar-refractivity contribution in [3.05, 3.63) is 42.0 Å². The number of carboxylic acid groups (broad SMARTS) is 1. The van der Waals surface area contributed by atoms with Crippen molar-refractivity contribution in [3.8, 4) is 0 Å². The number of hydrogen-bond acceptors (Lipinski definition) is 1. The van der Waals surface area contributed by atoms with E-state index in [4.69, 9.17) is 0 Å². The molecule has 2 heteroatoms. The molecule has 2 rings (SSSR count). The van der Waals surface area contributed by atoms with E-state index >= 15 is 0 Å². The Balaban J connectivity index is 2.22. The number of hydrogen-bond donors (Lipinski definition) is 1. The topological polar surface area (TPSA) is 37.3 Å². The Hall–Kier alpha value is -1.57. The third-order valence-electron chi connectivity index (χ3n) is 3.37. The van der Waals surface area contributed by atoms with Gasteiger partial charge >= 0.3 is 5.97 Å². The molecule has 17 heavy (non-hydrogen) atoms. The maximum Gasteiger partial charge on any atom is 0.335 e. The van der Waals surface area contributed by atoms with Crippen LogP contribution in [0.1, 0.15) is 37.7 Å². The summed E-state index contributed by atoms with van der Waals surface area (Å²) in [6.45, 7) is 0. The molecule has 0 spiro atoms. The third-order valence-corrected chi connectivity index (χ3v) is 3.37. The molecule has 1 aromatic rings. The highest BCUT2D eigenvalue weighted by molar-refractivity contribution is 6.15. The standard InChI is InChI=1S/C15H18O2/c16-15(17)14(13-9-5-2-6-10-13)11-12-7-3-1-4-8-12/h2,5-6,9-12H,1,3-4,7-8H2,(H,16,17)/b14-11-. The number of aliphatic carboxylic acids is 1. The van der Waals surface area contributed by atoms with Gasteiger partial charge in [-0.1, -0.05) is 55.7 Å². The van der Waals surface area contributed by atoms with Crippen molar-refractivity contribution in [1.29, 1.82) is 0 Å². The van der Waals surface area contributed by atoms with Crippen molar-refractivity contribution in [1.82, 2.24) is 0 Å². The zero-order valence-electron chi connectivity index (χ0n) is 9.93. The summed E-state index contributed by atoms with van der Waals surface area (Å²) < 4.78 is 0. The number of benzene rings is 1. The monoisotopic (exact) mass is 230 g/mol. The quantitative estimate of drug-likeness (QED) is 0.803. The molecule has 0 aliphatic heterocycles. The van der Waals surface area contributed by atoms with E-state index in [1.165, 1.54) is 19.3 Å². The molecule has 1 aliphatic rings. The molecule has 1 aliphatic carbocycles. The van der Waals surface area contributed by atoms with Gasteiger partial charge in [-0.3, -0.25) is 0 Å². The second-order valence-electron chi connectivity index (χ2n) is 4.65. The molecule has 2 nitrogen and oxygen atoms in total. The largest absolute Gasteiger partial charge is 0.478 e. The summed E-state index contributed by atoms with van der Waals surface area (Å²) in [7, 11) is 0. The van der Waals surface area contributed by atoms with Crippen molar-refractivity contribution in [2.45, 2.75) is 32.1 Å². The van der Waals surface area contributed by atoms with Crippen LogP contribution in [0.15, 0.2) is 36.4 Å². The van der Waals surface area contributed by atoms with Crippen LogP contribution in [0.5, 0.6) is 0 Å². The first-order valence-electron chi connectivity index (χ1n) is 6.28. The Bertz CT molecular complexity index is 400. The normalized spacial score (nSPS) is 18.0. The lowest BCUT2D eigenvalue weighted by atomic mass is 9.87. The summed E-state index contributed by atoms with van der Waals surface area (Å²) in [6.07, 6.45) is 7.95. The third kappa shape index (κ3) is 3.19. The maximum atomic E-state index is 11.3. The van der Waals surface area contributed by atoms with Crippen LogP contribution < -0.4 is 0 Å². The Morgan fingerprint density at radius 1 is 1.12 bits per heavy atom. The van der Waals surface area contributed by atoms with Gasteiger partial charge in [0.2, 0.25) is 0 Å². The van der Waals surface area contributed by atoms with Crippen LogP contribution in [0.25, 0.3) is 5.57 Å². The van der Waals surface area contributed by atoms with Gasteiger partial charge in [-0.15, -0.1) is 0 Å². The highest BCUT2D eigenvalue weighted by atomic mass is 16.4. The average molecular weight is 230 g/mol. The van der Waals surface area contributed by atoms with Gasteiger partial charge in [-0.2, -0.15) is 0 Å². The minimum Gasteiger partial charge on any atom is -0.478 e. The second-order valence-corrected chi connectivity index (χ2v) is 4.65. The SMILES string of the molecule is O=C(O)/C(=C\C1CCCCC1)c1ccccc1. The predicted octanol–water partition coefficient (Wildman–Crippen LogP) is 3.73. The molecule has 0 aromatic heterocycles.